The van der Waals surface area contributed by atoms with E-state index in [1.54, 1.807) is 24.3 Å². The molecule has 16 heavy (non-hydrogen) atoms. The minimum Gasteiger partial charge on any atom is -0.207 e. The average Bonchev–Trinajstić information content (AvgIpc) is 2.25. The first kappa shape index (κ1) is 11.4. The molecule has 0 unspecified atom stereocenters. The van der Waals surface area contributed by atoms with Crippen LogP contribution in [0.5, 0.6) is 0 Å². The second kappa shape index (κ2) is 4.86. The van der Waals surface area contributed by atoms with Crippen LogP contribution < -0.4 is 0 Å². The summed E-state index contributed by atoms with van der Waals surface area (Å²) < 4.78 is 13.5. The first-order valence-corrected chi connectivity index (χ1v) is 5.59. The summed E-state index contributed by atoms with van der Waals surface area (Å²) in [7, 11) is 0. The minimum absolute atomic E-state index is 0.276. The van der Waals surface area contributed by atoms with Crippen molar-refractivity contribution >= 4 is 23.2 Å². The highest BCUT2D eigenvalue weighted by Gasteiger charge is 2.03. The third-order valence-corrected chi connectivity index (χ3v) is 2.81. The summed E-state index contributed by atoms with van der Waals surface area (Å²) in [6.07, 6.45) is 0.542. The number of benzene rings is 2. The first-order chi connectivity index (χ1) is 7.65. The van der Waals surface area contributed by atoms with Crippen LogP contribution in [0.15, 0.2) is 42.5 Å². The first-order valence-electron chi connectivity index (χ1n) is 4.83. The van der Waals surface area contributed by atoms with E-state index in [0.29, 0.717) is 22.0 Å². The van der Waals surface area contributed by atoms with Gasteiger partial charge in [0, 0.05) is 16.5 Å². The SMILES string of the molecule is Fc1cc(Cl)ccc1Cc1ccc(Cl)cc1. The lowest BCUT2D eigenvalue weighted by atomic mass is 10.0. The fourth-order valence-corrected chi connectivity index (χ4v) is 1.77. The van der Waals surface area contributed by atoms with E-state index in [9.17, 15) is 4.39 Å². The summed E-state index contributed by atoms with van der Waals surface area (Å²) in [5, 5.41) is 1.10. The molecule has 2 rings (SSSR count). The Morgan fingerprint density at radius 2 is 1.50 bits per heavy atom. The smallest absolute Gasteiger partial charge is 0.128 e. The van der Waals surface area contributed by atoms with Crippen molar-refractivity contribution in [3.8, 4) is 0 Å². The van der Waals surface area contributed by atoms with E-state index in [4.69, 9.17) is 23.2 Å². The van der Waals surface area contributed by atoms with Crippen molar-refractivity contribution in [2.24, 2.45) is 0 Å². The van der Waals surface area contributed by atoms with Gasteiger partial charge in [-0.25, -0.2) is 4.39 Å². The van der Waals surface area contributed by atoms with Crippen molar-refractivity contribution in [2.45, 2.75) is 6.42 Å². The summed E-state index contributed by atoms with van der Waals surface area (Å²) >= 11 is 11.5. The molecule has 2 aromatic carbocycles. The summed E-state index contributed by atoms with van der Waals surface area (Å²) in [5.74, 6) is -0.276. The predicted octanol–water partition coefficient (Wildman–Crippen LogP) is 4.72. The second-order valence-electron chi connectivity index (χ2n) is 3.54. The van der Waals surface area contributed by atoms with Crippen molar-refractivity contribution in [3.05, 3.63) is 69.5 Å². The Bertz CT molecular complexity index is 492. The van der Waals surface area contributed by atoms with Crippen molar-refractivity contribution < 1.29 is 4.39 Å². The third-order valence-electron chi connectivity index (χ3n) is 2.32. The molecule has 0 fully saturated rings. The molecule has 0 saturated carbocycles. The van der Waals surface area contributed by atoms with Gasteiger partial charge in [-0.3, -0.25) is 0 Å². The largest absolute Gasteiger partial charge is 0.207 e. The van der Waals surface area contributed by atoms with Gasteiger partial charge in [0.2, 0.25) is 0 Å². The maximum atomic E-state index is 13.5. The fourth-order valence-electron chi connectivity index (χ4n) is 1.49. The lowest BCUT2D eigenvalue weighted by Crippen LogP contribution is -1.92. The van der Waals surface area contributed by atoms with Gasteiger partial charge in [0.1, 0.15) is 5.82 Å². The van der Waals surface area contributed by atoms with Gasteiger partial charge < -0.3 is 0 Å². The fraction of sp³-hybridized carbons (Fsp3) is 0.0769. The van der Waals surface area contributed by atoms with Crippen LogP contribution in [0.3, 0.4) is 0 Å². The van der Waals surface area contributed by atoms with Crippen LogP contribution in [0.4, 0.5) is 4.39 Å². The van der Waals surface area contributed by atoms with Gasteiger partial charge in [0.15, 0.2) is 0 Å². The standard InChI is InChI=1S/C13H9Cl2F/c14-11-4-1-9(2-5-11)7-10-3-6-12(15)8-13(10)16/h1-6,8H,7H2. The summed E-state index contributed by atoms with van der Waals surface area (Å²) in [6, 6.07) is 12.1. The molecule has 0 aliphatic heterocycles. The number of halogens is 3. The zero-order valence-corrected chi connectivity index (χ0v) is 9.89. The Kier molecular flexibility index (Phi) is 3.47. The molecule has 0 aromatic heterocycles. The maximum Gasteiger partial charge on any atom is 0.128 e. The highest BCUT2D eigenvalue weighted by molar-refractivity contribution is 6.30. The predicted molar refractivity (Wildman–Crippen MR) is 65.7 cm³/mol. The van der Waals surface area contributed by atoms with Gasteiger partial charge in [-0.1, -0.05) is 41.4 Å². The number of rotatable bonds is 2. The minimum atomic E-state index is -0.276. The van der Waals surface area contributed by atoms with Gasteiger partial charge in [-0.2, -0.15) is 0 Å². The van der Waals surface area contributed by atoms with Crippen LogP contribution in [0.2, 0.25) is 10.0 Å². The molecule has 3 heteroatoms. The van der Waals surface area contributed by atoms with Crippen LogP contribution in [-0.4, -0.2) is 0 Å². The molecule has 0 saturated heterocycles. The van der Waals surface area contributed by atoms with E-state index in [2.05, 4.69) is 0 Å². The number of hydrogen-bond acceptors (Lipinski definition) is 0. The van der Waals surface area contributed by atoms with Crippen molar-refractivity contribution in [3.63, 3.8) is 0 Å². The lowest BCUT2D eigenvalue weighted by molar-refractivity contribution is 0.614. The van der Waals surface area contributed by atoms with Gasteiger partial charge >= 0.3 is 0 Å². The van der Waals surface area contributed by atoms with Gasteiger partial charge in [0.25, 0.3) is 0 Å². The Morgan fingerprint density at radius 3 is 2.12 bits per heavy atom. The highest BCUT2D eigenvalue weighted by Crippen LogP contribution is 2.18. The molecule has 0 amide bonds. The maximum absolute atomic E-state index is 13.5. The van der Waals surface area contributed by atoms with Crippen molar-refractivity contribution in [2.75, 3.05) is 0 Å². The summed E-state index contributed by atoms with van der Waals surface area (Å²) in [4.78, 5) is 0. The Hall–Kier alpha value is -1.05. The molecular formula is C13H9Cl2F. The van der Waals surface area contributed by atoms with Crippen LogP contribution in [0, 0.1) is 5.82 Å². The van der Waals surface area contributed by atoms with E-state index in [-0.39, 0.29) is 5.82 Å². The van der Waals surface area contributed by atoms with Crippen LogP contribution in [0.25, 0.3) is 0 Å². The van der Waals surface area contributed by atoms with E-state index in [0.717, 1.165) is 5.56 Å². The van der Waals surface area contributed by atoms with Crippen molar-refractivity contribution in [1.82, 2.24) is 0 Å². The molecule has 0 bridgehead atoms. The molecule has 0 aliphatic rings. The number of hydrogen-bond donors (Lipinski definition) is 0. The second-order valence-corrected chi connectivity index (χ2v) is 4.41. The van der Waals surface area contributed by atoms with Gasteiger partial charge in [-0.05, 0) is 35.4 Å². The van der Waals surface area contributed by atoms with Crippen LogP contribution in [0.1, 0.15) is 11.1 Å². The lowest BCUT2D eigenvalue weighted by Gasteiger charge is -2.04. The van der Waals surface area contributed by atoms with E-state index in [1.807, 2.05) is 12.1 Å². The molecular weight excluding hydrogens is 246 g/mol. The molecule has 0 aliphatic carbocycles. The molecule has 0 atom stereocenters. The molecule has 2 aromatic rings. The molecule has 0 radical (unpaired) electrons. The topological polar surface area (TPSA) is 0 Å². The Balaban J connectivity index is 2.23. The molecule has 0 heterocycles. The molecule has 82 valence electrons. The van der Waals surface area contributed by atoms with E-state index in [1.165, 1.54) is 6.07 Å². The molecule has 0 N–H and O–H groups in total. The summed E-state index contributed by atoms with van der Waals surface area (Å²) in [5.41, 5.74) is 1.65. The monoisotopic (exact) mass is 254 g/mol. The zero-order chi connectivity index (χ0) is 11.5. The van der Waals surface area contributed by atoms with Crippen LogP contribution >= 0.6 is 23.2 Å². The zero-order valence-electron chi connectivity index (χ0n) is 8.38. The van der Waals surface area contributed by atoms with Gasteiger partial charge in [-0.15, -0.1) is 0 Å². The Morgan fingerprint density at radius 1 is 0.875 bits per heavy atom. The van der Waals surface area contributed by atoms with E-state index >= 15 is 0 Å². The average molecular weight is 255 g/mol. The quantitative estimate of drug-likeness (QED) is 0.728. The van der Waals surface area contributed by atoms with Crippen molar-refractivity contribution in [1.29, 1.82) is 0 Å². The molecule has 0 spiro atoms. The van der Waals surface area contributed by atoms with Crippen LogP contribution in [-0.2, 0) is 6.42 Å². The summed E-state index contributed by atoms with van der Waals surface area (Å²) in [6.45, 7) is 0. The highest BCUT2D eigenvalue weighted by atomic mass is 35.5. The normalized spacial score (nSPS) is 10.4. The third kappa shape index (κ3) is 2.75. The Labute approximate surface area is 104 Å². The van der Waals surface area contributed by atoms with E-state index < -0.39 is 0 Å². The van der Waals surface area contributed by atoms with Gasteiger partial charge in [0.05, 0.1) is 0 Å². The molecule has 0 nitrogen and oxygen atoms in total.